The van der Waals surface area contributed by atoms with E-state index in [2.05, 4.69) is 12.2 Å². The van der Waals surface area contributed by atoms with Crippen LogP contribution in [0.5, 0.6) is 0 Å². The van der Waals surface area contributed by atoms with Crippen molar-refractivity contribution in [2.75, 3.05) is 13.1 Å². The Kier molecular flexibility index (Phi) is 22.9. The maximum Gasteiger partial charge on any atom is 0.0155 e. The van der Waals surface area contributed by atoms with Gasteiger partial charge in [-0.15, -0.1) is 49.6 Å². The van der Waals surface area contributed by atoms with Crippen molar-refractivity contribution in [1.29, 1.82) is 0 Å². The minimum Gasteiger partial charge on any atom is -0.328 e. The highest BCUT2D eigenvalue weighted by Crippen LogP contribution is 2.29. The molecule has 1 rings (SSSR count). The quantitative estimate of drug-likeness (QED) is 0.639. The van der Waals surface area contributed by atoms with Gasteiger partial charge in [0.15, 0.2) is 0 Å². The molecule has 0 aromatic heterocycles. The highest BCUT2D eigenvalue weighted by molar-refractivity contribution is 5.86. The molecule has 5 N–H and O–H groups in total. The fraction of sp³-hybridized carbons (Fsp3) is 1.00. The monoisotopic (exact) mass is 357 g/mol. The van der Waals surface area contributed by atoms with Crippen LogP contribution in [0.4, 0.5) is 0 Å². The van der Waals surface area contributed by atoms with Gasteiger partial charge in [0, 0.05) is 11.6 Å². The van der Waals surface area contributed by atoms with Gasteiger partial charge in [-0.1, -0.05) is 13.3 Å². The molecule has 7 heteroatoms. The standard InChI is InChI=1S/C12H27N3.4ClH/c1-2-15-10-4-3-7-12(14)8-5-11(13)6-9-12;;;;/h11,15H,2-10,13-14H2,1H3;4*1H/t11-,12-;;;;. The first-order chi connectivity index (χ1) is 7.16. The van der Waals surface area contributed by atoms with E-state index >= 15 is 0 Å². The number of nitrogens with two attached hydrogens (primary N) is 2. The van der Waals surface area contributed by atoms with Gasteiger partial charge in [0.25, 0.3) is 0 Å². The number of rotatable bonds is 6. The molecular formula is C12H31Cl4N3. The molecular weight excluding hydrogens is 328 g/mol. The van der Waals surface area contributed by atoms with Crippen LogP contribution < -0.4 is 16.8 Å². The number of hydrogen-bond donors (Lipinski definition) is 3. The minimum atomic E-state index is 0. The van der Waals surface area contributed by atoms with Gasteiger partial charge >= 0.3 is 0 Å². The summed E-state index contributed by atoms with van der Waals surface area (Å²) < 4.78 is 0. The maximum absolute atomic E-state index is 6.36. The van der Waals surface area contributed by atoms with Crippen molar-refractivity contribution in [3.8, 4) is 0 Å². The molecule has 0 radical (unpaired) electrons. The molecule has 0 spiro atoms. The van der Waals surface area contributed by atoms with E-state index in [-0.39, 0.29) is 55.2 Å². The van der Waals surface area contributed by atoms with Crippen molar-refractivity contribution in [1.82, 2.24) is 5.32 Å². The predicted octanol–water partition coefficient (Wildman–Crippen LogP) is 3.05. The SMILES string of the molecule is CCNCCCC[C@]1(N)CC[C@H](N)CC1.Cl.Cl.Cl.Cl. The Morgan fingerprint density at radius 2 is 1.58 bits per heavy atom. The molecule has 0 saturated heterocycles. The summed E-state index contributed by atoms with van der Waals surface area (Å²) in [6, 6.07) is 0.406. The molecule has 0 bridgehead atoms. The minimum absolute atomic E-state index is 0. The van der Waals surface area contributed by atoms with Crippen LogP contribution in [0.25, 0.3) is 0 Å². The number of halogens is 4. The highest BCUT2D eigenvalue weighted by atomic mass is 35.5. The molecule has 19 heavy (non-hydrogen) atoms. The van der Waals surface area contributed by atoms with Gasteiger partial charge in [0.2, 0.25) is 0 Å². The third-order valence-electron chi connectivity index (χ3n) is 3.55. The lowest BCUT2D eigenvalue weighted by Gasteiger charge is -2.36. The van der Waals surface area contributed by atoms with Gasteiger partial charge in [-0.3, -0.25) is 0 Å². The molecule has 0 amide bonds. The Bertz CT molecular complexity index is 176. The Balaban J connectivity index is -0.000000281. The van der Waals surface area contributed by atoms with Crippen molar-refractivity contribution < 1.29 is 0 Å². The molecule has 1 aliphatic carbocycles. The van der Waals surface area contributed by atoms with Crippen LogP contribution in [0.2, 0.25) is 0 Å². The van der Waals surface area contributed by atoms with Crippen molar-refractivity contribution >= 4 is 49.6 Å². The van der Waals surface area contributed by atoms with Crippen LogP contribution in [-0.2, 0) is 0 Å². The van der Waals surface area contributed by atoms with E-state index in [9.17, 15) is 0 Å². The fourth-order valence-electron chi connectivity index (χ4n) is 2.37. The third kappa shape index (κ3) is 12.5. The topological polar surface area (TPSA) is 64.1 Å². The lowest BCUT2D eigenvalue weighted by molar-refractivity contribution is 0.251. The first-order valence-corrected chi connectivity index (χ1v) is 6.41. The van der Waals surface area contributed by atoms with E-state index in [1.54, 1.807) is 0 Å². The molecule has 3 nitrogen and oxygen atoms in total. The normalized spacial score (nSPS) is 25.1. The van der Waals surface area contributed by atoms with Crippen LogP contribution >= 0.6 is 49.6 Å². The van der Waals surface area contributed by atoms with E-state index in [0.29, 0.717) is 6.04 Å². The Morgan fingerprint density at radius 3 is 2.05 bits per heavy atom. The van der Waals surface area contributed by atoms with Crippen LogP contribution in [0.15, 0.2) is 0 Å². The second kappa shape index (κ2) is 15.4. The number of nitrogens with one attached hydrogen (secondary N) is 1. The van der Waals surface area contributed by atoms with Crippen molar-refractivity contribution in [2.45, 2.75) is 63.5 Å². The van der Waals surface area contributed by atoms with E-state index in [1.165, 1.54) is 19.3 Å². The fourth-order valence-corrected chi connectivity index (χ4v) is 2.37. The van der Waals surface area contributed by atoms with Gasteiger partial charge in [-0.25, -0.2) is 0 Å². The van der Waals surface area contributed by atoms with Gasteiger partial charge in [0.05, 0.1) is 0 Å². The molecule has 0 atom stereocenters. The zero-order chi connectivity index (χ0) is 11.1. The van der Waals surface area contributed by atoms with Crippen LogP contribution in [0.1, 0.15) is 51.9 Å². The molecule has 1 aliphatic rings. The lowest BCUT2D eigenvalue weighted by atomic mass is 9.77. The first kappa shape index (κ1) is 28.2. The molecule has 122 valence electrons. The molecule has 1 fully saturated rings. The summed E-state index contributed by atoms with van der Waals surface area (Å²) in [5.41, 5.74) is 12.3. The average Bonchev–Trinajstić information content (AvgIpc) is 2.23. The maximum atomic E-state index is 6.36. The third-order valence-corrected chi connectivity index (χ3v) is 3.55. The zero-order valence-electron chi connectivity index (χ0n) is 11.7. The number of hydrogen-bond acceptors (Lipinski definition) is 3. The van der Waals surface area contributed by atoms with Crippen LogP contribution in [0.3, 0.4) is 0 Å². The summed E-state index contributed by atoms with van der Waals surface area (Å²) in [4.78, 5) is 0. The molecule has 0 aliphatic heterocycles. The largest absolute Gasteiger partial charge is 0.328 e. The Labute approximate surface area is 143 Å². The zero-order valence-corrected chi connectivity index (χ0v) is 15.0. The van der Waals surface area contributed by atoms with Gasteiger partial charge in [-0.05, 0) is 51.6 Å². The van der Waals surface area contributed by atoms with E-state index in [4.69, 9.17) is 11.5 Å². The second-order valence-corrected chi connectivity index (χ2v) is 5.01. The van der Waals surface area contributed by atoms with Gasteiger partial charge in [-0.2, -0.15) is 0 Å². The van der Waals surface area contributed by atoms with E-state index in [1.807, 2.05) is 0 Å². The Morgan fingerprint density at radius 1 is 1.05 bits per heavy atom. The lowest BCUT2D eigenvalue weighted by Crippen LogP contribution is -2.46. The summed E-state index contributed by atoms with van der Waals surface area (Å²) in [7, 11) is 0. The predicted molar refractivity (Wildman–Crippen MR) is 94.7 cm³/mol. The summed E-state index contributed by atoms with van der Waals surface area (Å²) >= 11 is 0. The second-order valence-electron chi connectivity index (χ2n) is 5.01. The summed E-state index contributed by atoms with van der Waals surface area (Å²) in [6.45, 7) is 4.35. The van der Waals surface area contributed by atoms with Gasteiger partial charge < -0.3 is 16.8 Å². The van der Waals surface area contributed by atoms with Crippen LogP contribution in [-0.4, -0.2) is 24.7 Å². The summed E-state index contributed by atoms with van der Waals surface area (Å²) in [6.07, 6.45) is 8.14. The van der Waals surface area contributed by atoms with E-state index in [0.717, 1.165) is 38.8 Å². The number of unbranched alkanes of at least 4 members (excludes halogenated alkanes) is 1. The molecule has 1 saturated carbocycles. The average molecular weight is 359 g/mol. The van der Waals surface area contributed by atoms with Crippen molar-refractivity contribution in [2.24, 2.45) is 11.5 Å². The summed E-state index contributed by atoms with van der Waals surface area (Å²) in [5, 5.41) is 3.34. The molecule has 0 unspecified atom stereocenters. The van der Waals surface area contributed by atoms with Crippen molar-refractivity contribution in [3.05, 3.63) is 0 Å². The molecule has 0 aromatic rings. The molecule has 0 aromatic carbocycles. The van der Waals surface area contributed by atoms with Crippen LogP contribution in [0, 0.1) is 0 Å². The van der Waals surface area contributed by atoms with Gasteiger partial charge in [0.1, 0.15) is 0 Å². The Hall–Kier alpha value is 1.04. The van der Waals surface area contributed by atoms with E-state index < -0.39 is 0 Å². The smallest absolute Gasteiger partial charge is 0.0155 e. The molecule has 0 heterocycles. The first-order valence-electron chi connectivity index (χ1n) is 6.41. The summed E-state index contributed by atoms with van der Waals surface area (Å²) in [5.74, 6) is 0. The van der Waals surface area contributed by atoms with Crippen molar-refractivity contribution in [3.63, 3.8) is 0 Å². The highest BCUT2D eigenvalue weighted by Gasteiger charge is 2.29.